The second kappa shape index (κ2) is 8.53. The van der Waals surface area contributed by atoms with E-state index in [1.54, 1.807) is 0 Å². The summed E-state index contributed by atoms with van der Waals surface area (Å²) >= 11 is 5.46. The summed E-state index contributed by atoms with van der Waals surface area (Å²) in [7, 11) is 0. The van der Waals surface area contributed by atoms with Crippen molar-refractivity contribution in [3.05, 3.63) is 53.6 Å². The standard InChI is InChI=1S/C19H24N2OS/c1-4-14-8-7-9-15(5-2)18(14)21-19(23)20-16-10-12-17(13-11-16)22-6-3/h7-13H,4-6H2,1-3H3,(H2,20,21,23). The number of nitrogens with one attached hydrogen (secondary N) is 2. The fraction of sp³-hybridized carbons (Fsp3) is 0.316. The minimum absolute atomic E-state index is 0.602. The first-order valence-corrected chi connectivity index (χ1v) is 8.50. The molecule has 0 aliphatic rings. The average molecular weight is 328 g/mol. The van der Waals surface area contributed by atoms with E-state index in [9.17, 15) is 0 Å². The van der Waals surface area contributed by atoms with Gasteiger partial charge < -0.3 is 15.4 Å². The van der Waals surface area contributed by atoms with Crippen LogP contribution in [0.25, 0.3) is 0 Å². The van der Waals surface area contributed by atoms with Crippen LogP contribution >= 0.6 is 12.2 Å². The van der Waals surface area contributed by atoms with Crippen molar-refractivity contribution in [3.8, 4) is 5.75 Å². The molecule has 0 fully saturated rings. The van der Waals surface area contributed by atoms with Gasteiger partial charge in [0.25, 0.3) is 0 Å². The lowest BCUT2D eigenvalue weighted by molar-refractivity contribution is 0.340. The highest BCUT2D eigenvalue weighted by molar-refractivity contribution is 7.80. The van der Waals surface area contributed by atoms with E-state index >= 15 is 0 Å². The monoisotopic (exact) mass is 328 g/mol. The predicted molar refractivity (Wildman–Crippen MR) is 103 cm³/mol. The highest BCUT2D eigenvalue weighted by Gasteiger charge is 2.08. The van der Waals surface area contributed by atoms with Crippen molar-refractivity contribution < 1.29 is 4.74 Å². The number of anilines is 2. The Labute approximate surface area is 144 Å². The Kier molecular flexibility index (Phi) is 6.41. The Balaban J connectivity index is 2.07. The lowest BCUT2D eigenvalue weighted by atomic mass is 10.0. The molecule has 2 aromatic carbocycles. The smallest absolute Gasteiger partial charge is 0.175 e. The van der Waals surface area contributed by atoms with E-state index in [-0.39, 0.29) is 0 Å². The largest absolute Gasteiger partial charge is 0.494 e. The topological polar surface area (TPSA) is 33.3 Å². The Bertz CT molecular complexity index is 631. The number of benzene rings is 2. The summed E-state index contributed by atoms with van der Waals surface area (Å²) in [5.74, 6) is 0.863. The zero-order chi connectivity index (χ0) is 16.7. The zero-order valence-corrected chi connectivity index (χ0v) is 14.8. The molecule has 2 rings (SSSR count). The fourth-order valence-corrected chi connectivity index (χ4v) is 2.70. The van der Waals surface area contributed by atoms with Crippen molar-refractivity contribution in [2.24, 2.45) is 0 Å². The Morgan fingerprint density at radius 2 is 1.52 bits per heavy atom. The van der Waals surface area contributed by atoms with Gasteiger partial charge in [-0.15, -0.1) is 0 Å². The molecule has 0 unspecified atom stereocenters. The van der Waals surface area contributed by atoms with Gasteiger partial charge in [-0.1, -0.05) is 32.0 Å². The van der Waals surface area contributed by atoms with Crippen LogP contribution in [0, 0.1) is 0 Å². The molecular weight excluding hydrogens is 304 g/mol. The number of aryl methyl sites for hydroxylation is 2. The molecule has 0 atom stereocenters. The van der Waals surface area contributed by atoms with Crippen LogP contribution in [-0.4, -0.2) is 11.7 Å². The summed E-state index contributed by atoms with van der Waals surface area (Å²) in [6.07, 6.45) is 1.95. The summed E-state index contributed by atoms with van der Waals surface area (Å²) < 4.78 is 5.45. The Morgan fingerprint density at radius 1 is 0.913 bits per heavy atom. The summed E-state index contributed by atoms with van der Waals surface area (Å²) in [6.45, 7) is 6.95. The van der Waals surface area contributed by atoms with Gasteiger partial charge >= 0.3 is 0 Å². The SMILES string of the molecule is CCOc1ccc(NC(=S)Nc2c(CC)cccc2CC)cc1. The van der Waals surface area contributed by atoms with Gasteiger partial charge in [0.1, 0.15) is 5.75 Å². The van der Waals surface area contributed by atoms with Crippen LogP contribution < -0.4 is 15.4 Å². The fourth-order valence-electron chi connectivity index (χ4n) is 2.48. The van der Waals surface area contributed by atoms with Crippen molar-refractivity contribution in [3.63, 3.8) is 0 Å². The average Bonchev–Trinajstić information content (AvgIpc) is 2.57. The van der Waals surface area contributed by atoms with E-state index in [1.807, 2.05) is 31.2 Å². The number of hydrogen-bond acceptors (Lipinski definition) is 2. The quantitative estimate of drug-likeness (QED) is 0.730. The third-order valence-corrected chi connectivity index (χ3v) is 3.86. The lowest BCUT2D eigenvalue weighted by Gasteiger charge is -2.17. The number of thiocarbonyl (C=S) groups is 1. The van der Waals surface area contributed by atoms with Crippen molar-refractivity contribution in [2.45, 2.75) is 33.6 Å². The minimum Gasteiger partial charge on any atom is -0.494 e. The summed E-state index contributed by atoms with van der Waals surface area (Å²) in [5, 5.41) is 7.19. The van der Waals surface area contributed by atoms with Gasteiger partial charge in [-0.25, -0.2) is 0 Å². The second-order valence-corrected chi connectivity index (χ2v) is 5.60. The van der Waals surface area contributed by atoms with Crippen molar-refractivity contribution >= 4 is 28.7 Å². The Morgan fingerprint density at radius 3 is 2.04 bits per heavy atom. The molecule has 0 heterocycles. The van der Waals surface area contributed by atoms with Crippen molar-refractivity contribution in [2.75, 3.05) is 17.2 Å². The summed E-state index contributed by atoms with van der Waals surface area (Å²) in [4.78, 5) is 0. The summed E-state index contributed by atoms with van der Waals surface area (Å²) in [5.41, 5.74) is 4.62. The third-order valence-electron chi connectivity index (χ3n) is 3.66. The van der Waals surface area contributed by atoms with Crippen LogP contribution in [0.1, 0.15) is 31.9 Å². The number of para-hydroxylation sites is 1. The maximum absolute atomic E-state index is 5.46. The van der Waals surface area contributed by atoms with Gasteiger partial charge in [-0.05, 0) is 67.4 Å². The first-order valence-electron chi connectivity index (χ1n) is 8.09. The van der Waals surface area contributed by atoms with Gasteiger partial charge in [0.05, 0.1) is 6.61 Å². The first kappa shape index (κ1) is 17.3. The molecule has 4 heteroatoms. The molecule has 3 nitrogen and oxygen atoms in total. The number of rotatable bonds is 6. The van der Waals surface area contributed by atoms with E-state index < -0.39 is 0 Å². The maximum atomic E-state index is 5.46. The molecule has 0 amide bonds. The van der Waals surface area contributed by atoms with Gasteiger partial charge in [0.2, 0.25) is 0 Å². The van der Waals surface area contributed by atoms with E-state index in [2.05, 4.69) is 42.7 Å². The van der Waals surface area contributed by atoms with E-state index in [0.717, 1.165) is 30.0 Å². The van der Waals surface area contributed by atoms with Crippen LogP contribution in [0.5, 0.6) is 5.75 Å². The molecule has 0 aliphatic heterocycles. The van der Waals surface area contributed by atoms with E-state index in [4.69, 9.17) is 17.0 Å². The molecule has 0 aromatic heterocycles. The molecule has 0 radical (unpaired) electrons. The maximum Gasteiger partial charge on any atom is 0.175 e. The number of ether oxygens (including phenoxy) is 1. The molecule has 0 saturated heterocycles. The van der Waals surface area contributed by atoms with Gasteiger partial charge in [0.15, 0.2) is 5.11 Å². The molecule has 2 aromatic rings. The van der Waals surface area contributed by atoms with Gasteiger partial charge in [-0.3, -0.25) is 0 Å². The molecule has 122 valence electrons. The van der Waals surface area contributed by atoms with Crippen molar-refractivity contribution in [1.29, 1.82) is 0 Å². The lowest BCUT2D eigenvalue weighted by Crippen LogP contribution is -2.20. The number of hydrogen-bond donors (Lipinski definition) is 2. The van der Waals surface area contributed by atoms with Crippen LogP contribution in [-0.2, 0) is 12.8 Å². The normalized spacial score (nSPS) is 10.2. The van der Waals surface area contributed by atoms with E-state index in [1.165, 1.54) is 11.1 Å². The molecule has 23 heavy (non-hydrogen) atoms. The summed E-state index contributed by atoms with van der Waals surface area (Å²) in [6, 6.07) is 14.2. The van der Waals surface area contributed by atoms with Crippen LogP contribution in [0.4, 0.5) is 11.4 Å². The highest BCUT2D eigenvalue weighted by Crippen LogP contribution is 2.23. The van der Waals surface area contributed by atoms with Crippen LogP contribution in [0.15, 0.2) is 42.5 Å². The zero-order valence-electron chi connectivity index (χ0n) is 14.0. The highest BCUT2D eigenvalue weighted by atomic mass is 32.1. The first-order chi connectivity index (χ1) is 11.2. The van der Waals surface area contributed by atoms with Crippen LogP contribution in [0.2, 0.25) is 0 Å². The molecular formula is C19H24N2OS. The molecule has 2 N–H and O–H groups in total. The van der Waals surface area contributed by atoms with E-state index in [0.29, 0.717) is 11.7 Å². The predicted octanol–water partition coefficient (Wildman–Crippen LogP) is 5.02. The van der Waals surface area contributed by atoms with Gasteiger partial charge in [-0.2, -0.15) is 0 Å². The second-order valence-electron chi connectivity index (χ2n) is 5.19. The molecule has 0 saturated carbocycles. The van der Waals surface area contributed by atoms with Gasteiger partial charge in [0, 0.05) is 11.4 Å². The third kappa shape index (κ3) is 4.70. The van der Waals surface area contributed by atoms with Crippen molar-refractivity contribution in [1.82, 2.24) is 0 Å². The molecule has 0 spiro atoms. The van der Waals surface area contributed by atoms with Crippen LogP contribution in [0.3, 0.4) is 0 Å². The molecule has 0 bridgehead atoms. The minimum atomic E-state index is 0.602. The molecule has 0 aliphatic carbocycles. The Hall–Kier alpha value is -2.07.